The van der Waals surface area contributed by atoms with E-state index in [1.807, 2.05) is 14.0 Å². The van der Waals surface area contributed by atoms with Crippen LogP contribution in [0.25, 0.3) is 0 Å². The van der Waals surface area contributed by atoms with Gasteiger partial charge in [0, 0.05) is 32.1 Å². The van der Waals surface area contributed by atoms with E-state index >= 15 is 0 Å². The number of nitrogens with zero attached hydrogens (tertiary/aromatic N) is 4. The van der Waals surface area contributed by atoms with Crippen LogP contribution in [0.2, 0.25) is 10.0 Å². The van der Waals surface area contributed by atoms with Crippen LogP contribution >= 0.6 is 23.2 Å². The molecule has 0 saturated heterocycles. The van der Waals surface area contributed by atoms with Gasteiger partial charge in [-0.25, -0.2) is 14.8 Å². The van der Waals surface area contributed by atoms with Gasteiger partial charge >= 0.3 is 6.03 Å². The molecule has 0 fully saturated rings. The van der Waals surface area contributed by atoms with Crippen LogP contribution in [-0.4, -0.2) is 41.0 Å². The van der Waals surface area contributed by atoms with E-state index < -0.39 is 0 Å². The monoisotopic (exact) mass is 393 g/mol. The van der Waals surface area contributed by atoms with Crippen molar-refractivity contribution < 1.29 is 4.79 Å². The van der Waals surface area contributed by atoms with Crippen LogP contribution in [0.4, 0.5) is 16.3 Å². The molecular weight excluding hydrogens is 373 g/mol. The minimum absolute atomic E-state index is 0.217. The number of fused-ring (bicyclic) bond motifs is 1. The van der Waals surface area contributed by atoms with Crippen molar-refractivity contribution in [3.63, 3.8) is 0 Å². The van der Waals surface area contributed by atoms with E-state index in [1.165, 1.54) is 0 Å². The lowest BCUT2D eigenvalue weighted by atomic mass is 10.1. The van der Waals surface area contributed by atoms with Crippen LogP contribution in [0.15, 0.2) is 18.2 Å². The van der Waals surface area contributed by atoms with Crippen molar-refractivity contribution in [2.75, 3.05) is 30.4 Å². The highest BCUT2D eigenvalue weighted by molar-refractivity contribution is 6.43. The Morgan fingerprint density at radius 2 is 2.12 bits per heavy atom. The molecule has 1 N–H and O–H groups in total. The molecule has 26 heavy (non-hydrogen) atoms. The van der Waals surface area contributed by atoms with Gasteiger partial charge in [-0.1, -0.05) is 29.3 Å². The highest BCUT2D eigenvalue weighted by atomic mass is 35.5. The standard InChI is InChI=1S/C18H21Cl2N5O/c1-4-24(3)17-12-10-25(9-8-14(12)21-11(2)22-17)18(26)23-15-7-5-6-13(19)16(15)20/h5-7H,4,8-10H2,1-3H3,(H,23,26). The predicted molar refractivity (Wildman–Crippen MR) is 105 cm³/mol. The summed E-state index contributed by atoms with van der Waals surface area (Å²) in [4.78, 5) is 25.7. The minimum Gasteiger partial charge on any atom is -0.360 e. The average molecular weight is 394 g/mol. The van der Waals surface area contributed by atoms with E-state index in [2.05, 4.69) is 27.1 Å². The second-order valence-corrected chi connectivity index (χ2v) is 7.02. The SMILES string of the molecule is CCN(C)c1nc(C)nc2c1CN(C(=O)Nc1cccc(Cl)c1Cl)CC2. The third-order valence-corrected chi connectivity index (χ3v) is 5.29. The fraction of sp³-hybridized carbons (Fsp3) is 0.389. The average Bonchev–Trinajstić information content (AvgIpc) is 2.63. The Balaban J connectivity index is 1.83. The van der Waals surface area contributed by atoms with E-state index in [-0.39, 0.29) is 6.03 Å². The number of hydrogen-bond acceptors (Lipinski definition) is 4. The second kappa shape index (κ2) is 7.68. The van der Waals surface area contributed by atoms with E-state index in [4.69, 9.17) is 23.2 Å². The van der Waals surface area contributed by atoms with Crippen LogP contribution in [-0.2, 0) is 13.0 Å². The maximum absolute atomic E-state index is 12.7. The maximum Gasteiger partial charge on any atom is 0.322 e. The molecule has 2 amide bonds. The highest BCUT2D eigenvalue weighted by Gasteiger charge is 2.26. The van der Waals surface area contributed by atoms with Crippen molar-refractivity contribution >= 4 is 40.7 Å². The normalized spacial score (nSPS) is 13.3. The molecule has 1 aliphatic heterocycles. The summed E-state index contributed by atoms with van der Waals surface area (Å²) in [5.41, 5.74) is 2.51. The summed E-state index contributed by atoms with van der Waals surface area (Å²) in [5, 5.41) is 3.59. The van der Waals surface area contributed by atoms with E-state index in [1.54, 1.807) is 23.1 Å². The molecule has 1 aliphatic rings. The lowest BCUT2D eigenvalue weighted by molar-refractivity contribution is 0.206. The van der Waals surface area contributed by atoms with Gasteiger partial charge in [0.2, 0.25) is 0 Å². The summed E-state index contributed by atoms with van der Waals surface area (Å²) in [7, 11) is 1.99. The molecule has 8 heteroatoms. The zero-order chi connectivity index (χ0) is 18.8. The van der Waals surface area contributed by atoms with Crippen LogP contribution < -0.4 is 10.2 Å². The number of carbonyl (C=O) groups is 1. The molecule has 0 atom stereocenters. The molecule has 2 heterocycles. The molecular formula is C18H21Cl2N5O. The number of urea groups is 1. The molecule has 0 bridgehead atoms. The maximum atomic E-state index is 12.7. The second-order valence-electron chi connectivity index (χ2n) is 6.24. The first-order chi connectivity index (χ1) is 12.4. The Morgan fingerprint density at radius 3 is 2.85 bits per heavy atom. The van der Waals surface area contributed by atoms with Crippen molar-refractivity contribution in [1.29, 1.82) is 0 Å². The van der Waals surface area contributed by atoms with Crippen LogP contribution in [0.3, 0.4) is 0 Å². The molecule has 0 unspecified atom stereocenters. The van der Waals surface area contributed by atoms with Crippen molar-refractivity contribution in [2.45, 2.75) is 26.8 Å². The number of aromatic nitrogens is 2. The van der Waals surface area contributed by atoms with Crippen molar-refractivity contribution in [3.8, 4) is 0 Å². The quantitative estimate of drug-likeness (QED) is 0.850. The molecule has 0 radical (unpaired) electrons. The van der Waals surface area contributed by atoms with Gasteiger partial charge in [0.15, 0.2) is 0 Å². The summed E-state index contributed by atoms with van der Waals surface area (Å²) >= 11 is 12.2. The zero-order valence-electron chi connectivity index (χ0n) is 15.0. The number of nitrogens with one attached hydrogen (secondary N) is 1. The first kappa shape index (κ1) is 18.7. The van der Waals surface area contributed by atoms with E-state index in [0.29, 0.717) is 35.2 Å². The van der Waals surface area contributed by atoms with Crippen LogP contribution in [0, 0.1) is 6.92 Å². The summed E-state index contributed by atoms with van der Waals surface area (Å²) < 4.78 is 0. The Bertz CT molecular complexity index is 843. The summed E-state index contributed by atoms with van der Waals surface area (Å²) in [6.45, 7) is 5.83. The molecule has 138 valence electrons. The number of hydrogen-bond donors (Lipinski definition) is 1. The molecule has 0 spiro atoms. The number of anilines is 2. The smallest absolute Gasteiger partial charge is 0.322 e. The Kier molecular flexibility index (Phi) is 5.53. The Hall–Kier alpha value is -2.05. The number of rotatable bonds is 3. The molecule has 1 aromatic carbocycles. The van der Waals surface area contributed by atoms with Crippen LogP contribution in [0.1, 0.15) is 24.0 Å². The molecule has 6 nitrogen and oxygen atoms in total. The predicted octanol–water partition coefficient (Wildman–Crippen LogP) is 4.14. The summed E-state index contributed by atoms with van der Waals surface area (Å²) in [6, 6.07) is 4.95. The molecule has 2 aromatic rings. The van der Waals surface area contributed by atoms with Crippen molar-refractivity contribution in [1.82, 2.24) is 14.9 Å². The first-order valence-corrected chi connectivity index (χ1v) is 9.23. The number of amides is 2. The summed E-state index contributed by atoms with van der Waals surface area (Å²) in [6.07, 6.45) is 0.694. The first-order valence-electron chi connectivity index (χ1n) is 8.48. The van der Waals surface area contributed by atoms with Crippen molar-refractivity contribution in [2.24, 2.45) is 0 Å². The lowest BCUT2D eigenvalue weighted by Gasteiger charge is -2.31. The fourth-order valence-electron chi connectivity index (χ4n) is 2.95. The third kappa shape index (κ3) is 3.71. The fourth-order valence-corrected chi connectivity index (χ4v) is 3.30. The minimum atomic E-state index is -0.217. The number of carbonyl (C=O) groups excluding carboxylic acids is 1. The Morgan fingerprint density at radius 1 is 1.35 bits per heavy atom. The lowest BCUT2D eigenvalue weighted by Crippen LogP contribution is -2.40. The summed E-state index contributed by atoms with van der Waals surface area (Å²) in [5.74, 6) is 1.64. The van der Waals surface area contributed by atoms with Gasteiger partial charge in [0.05, 0.1) is 28.0 Å². The molecule has 0 aliphatic carbocycles. The van der Waals surface area contributed by atoms with Gasteiger partial charge in [-0.3, -0.25) is 0 Å². The van der Waals surface area contributed by atoms with E-state index in [9.17, 15) is 4.79 Å². The zero-order valence-corrected chi connectivity index (χ0v) is 16.5. The van der Waals surface area contributed by atoms with Gasteiger partial charge in [0.25, 0.3) is 0 Å². The van der Waals surface area contributed by atoms with Gasteiger partial charge in [-0.2, -0.15) is 0 Å². The van der Waals surface area contributed by atoms with Gasteiger partial charge in [0.1, 0.15) is 11.6 Å². The molecule has 1 aromatic heterocycles. The molecule has 0 saturated carbocycles. The van der Waals surface area contributed by atoms with Crippen LogP contribution in [0.5, 0.6) is 0 Å². The largest absolute Gasteiger partial charge is 0.360 e. The number of benzene rings is 1. The van der Waals surface area contributed by atoms with Gasteiger partial charge in [-0.15, -0.1) is 0 Å². The van der Waals surface area contributed by atoms with Gasteiger partial charge < -0.3 is 15.1 Å². The highest BCUT2D eigenvalue weighted by Crippen LogP contribution is 2.31. The van der Waals surface area contributed by atoms with Crippen molar-refractivity contribution in [3.05, 3.63) is 45.3 Å². The number of aryl methyl sites for hydroxylation is 1. The molecule has 3 rings (SSSR count). The Labute approximate surface area is 163 Å². The van der Waals surface area contributed by atoms with Gasteiger partial charge in [-0.05, 0) is 26.0 Å². The third-order valence-electron chi connectivity index (χ3n) is 4.47. The number of halogens is 2. The topological polar surface area (TPSA) is 61.4 Å². The van der Waals surface area contributed by atoms with E-state index in [0.717, 1.165) is 29.4 Å².